The second-order valence-electron chi connectivity index (χ2n) is 6.05. The van der Waals surface area contributed by atoms with Gasteiger partial charge in [-0.1, -0.05) is 65.1 Å². The molecule has 8 heteroatoms. The number of benzene rings is 2. The number of halogens is 4. The zero-order chi connectivity index (χ0) is 18.3. The summed E-state index contributed by atoms with van der Waals surface area (Å²) in [7, 11) is 0. The van der Waals surface area contributed by atoms with Crippen molar-refractivity contribution in [2.24, 2.45) is 0 Å². The van der Waals surface area contributed by atoms with Crippen LogP contribution in [0.25, 0.3) is 11.3 Å². The average Bonchev–Trinajstić information content (AvgIpc) is 3.04. The van der Waals surface area contributed by atoms with E-state index in [1.54, 1.807) is 4.90 Å². The third-order valence-corrected chi connectivity index (χ3v) is 5.26. The summed E-state index contributed by atoms with van der Waals surface area (Å²) in [5.74, 6) is 0.622. The monoisotopic (exact) mass is 441 g/mol. The Labute approximate surface area is 178 Å². The number of aromatic nitrogens is 2. The van der Waals surface area contributed by atoms with Crippen LogP contribution in [0.2, 0.25) is 15.1 Å². The second-order valence-corrected chi connectivity index (χ2v) is 7.30. The Morgan fingerprint density at radius 3 is 2.33 bits per heavy atom. The Hall–Kier alpha value is -1.72. The number of amides is 1. The van der Waals surface area contributed by atoms with Crippen molar-refractivity contribution in [1.82, 2.24) is 14.5 Å². The molecule has 0 N–H and O–H groups in total. The van der Waals surface area contributed by atoms with Gasteiger partial charge in [0.2, 0.25) is 0 Å². The number of carbonyl (C=O) groups is 1. The summed E-state index contributed by atoms with van der Waals surface area (Å²) >= 11 is 18.3. The largest absolute Gasteiger partial charge is 0.329 e. The first kappa shape index (κ1) is 20.0. The SMILES string of the molecule is Cl.O=C(c1c(Cl)cc(Cl)cc1Cl)N1CCn2c(-c3ccccc3)cnc2C1. The van der Waals surface area contributed by atoms with Crippen LogP contribution in [0.4, 0.5) is 0 Å². The van der Waals surface area contributed by atoms with Gasteiger partial charge in [0.05, 0.1) is 34.0 Å². The smallest absolute Gasteiger partial charge is 0.257 e. The lowest BCUT2D eigenvalue weighted by Gasteiger charge is -2.29. The molecule has 2 aromatic carbocycles. The molecule has 0 spiro atoms. The first-order chi connectivity index (χ1) is 12.5. The fraction of sp³-hybridized carbons (Fsp3) is 0.158. The maximum Gasteiger partial charge on any atom is 0.257 e. The number of fused-ring (bicyclic) bond motifs is 1. The van der Waals surface area contributed by atoms with Crippen LogP contribution in [-0.4, -0.2) is 26.9 Å². The predicted molar refractivity (Wildman–Crippen MR) is 111 cm³/mol. The molecular formula is C19H15Cl4N3O. The minimum Gasteiger partial charge on any atom is -0.329 e. The second kappa shape index (κ2) is 8.11. The maximum atomic E-state index is 12.9. The maximum absolute atomic E-state index is 12.9. The molecule has 0 fully saturated rings. The van der Waals surface area contributed by atoms with Crippen molar-refractivity contribution in [1.29, 1.82) is 0 Å². The normalized spacial score (nSPS) is 13.1. The molecule has 0 unspecified atom stereocenters. The van der Waals surface area contributed by atoms with Crippen molar-refractivity contribution in [2.75, 3.05) is 6.54 Å². The van der Waals surface area contributed by atoms with Crippen LogP contribution in [0.3, 0.4) is 0 Å². The minimum absolute atomic E-state index is 0. The van der Waals surface area contributed by atoms with Gasteiger partial charge in [-0.15, -0.1) is 12.4 Å². The standard InChI is InChI=1S/C19H14Cl3N3O.ClH/c20-13-8-14(21)18(15(22)9-13)19(26)24-6-7-25-16(10-23-17(25)11-24)12-4-2-1-3-5-12;/h1-5,8-10H,6-7,11H2;1H. The van der Waals surface area contributed by atoms with Crippen molar-refractivity contribution in [3.8, 4) is 11.3 Å². The van der Waals surface area contributed by atoms with Crippen LogP contribution < -0.4 is 0 Å². The highest BCUT2D eigenvalue weighted by molar-refractivity contribution is 6.42. The van der Waals surface area contributed by atoms with E-state index in [-0.39, 0.29) is 33.9 Å². The number of hydrogen-bond acceptors (Lipinski definition) is 2. The van der Waals surface area contributed by atoms with Crippen molar-refractivity contribution in [2.45, 2.75) is 13.1 Å². The van der Waals surface area contributed by atoms with E-state index in [1.165, 1.54) is 12.1 Å². The quantitative estimate of drug-likeness (QED) is 0.518. The zero-order valence-electron chi connectivity index (χ0n) is 14.0. The van der Waals surface area contributed by atoms with E-state index >= 15 is 0 Å². The van der Waals surface area contributed by atoms with Crippen LogP contribution in [0.15, 0.2) is 48.7 Å². The first-order valence-corrected chi connectivity index (χ1v) is 9.21. The summed E-state index contributed by atoms with van der Waals surface area (Å²) in [6, 6.07) is 13.1. The van der Waals surface area contributed by atoms with E-state index in [4.69, 9.17) is 34.8 Å². The molecule has 4 rings (SSSR count). The van der Waals surface area contributed by atoms with E-state index in [9.17, 15) is 4.79 Å². The van der Waals surface area contributed by atoms with Crippen LogP contribution >= 0.6 is 47.2 Å². The Kier molecular flexibility index (Phi) is 6.02. The zero-order valence-corrected chi connectivity index (χ0v) is 17.1. The van der Waals surface area contributed by atoms with Gasteiger partial charge >= 0.3 is 0 Å². The molecule has 0 saturated carbocycles. The van der Waals surface area contributed by atoms with Gasteiger partial charge in [-0.25, -0.2) is 4.98 Å². The van der Waals surface area contributed by atoms with Gasteiger partial charge < -0.3 is 9.47 Å². The lowest BCUT2D eigenvalue weighted by molar-refractivity contribution is 0.0708. The molecule has 0 bridgehead atoms. The summed E-state index contributed by atoms with van der Waals surface area (Å²) in [6.07, 6.45) is 1.85. The van der Waals surface area contributed by atoms with Gasteiger partial charge in [0.15, 0.2) is 0 Å². The number of nitrogens with zero attached hydrogens (tertiary/aromatic N) is 3. The number of imidazole rings is 1. The molecule has 0 aliphatic carbocycles. The molecule has 2 heterocycles. The van der Waals surface area contributed by atoms with Crippen LogP contribution in [0.5, 0.6) is 0 Å². The fourth-order valence-corrected chi connectivity index (χ4v) is 4.16. The van der Waals surface area contributed by atoms with E-state index in [2.05, 4.69) is 21.7 Å². The summed E-state index contributed by atoms with van der Waals surface area (Å²) in [4.78, 5) is 19.1. The molecule has 1 aromatic heterocycles. The van der Waals surface area contributed by atoms with E-state index in [1.807, 2.05) is 24.4 Å². The summed E-state index contributed by atoms with van der Waals surface area (Å²) in [5, 5.41) is 0.913. The lowest BCUT2D eigenvalue weighted by Crippen LogP contribution is -2.38. The minimum atomic E-state index is -0.216. The molecule has 140 valence electrons. The third kappa shape index (κ3) is 3.81. The van der Waals surface area contributed by atoms with Gasteiger partial charge in [-0.2, -0.15) is 0 Å². The molecule has 1 aliphatic heterocycles. The highest BCUT2D eigenvalue weighted by Gasteiger charge is 2.27. The Morgan fingerprint density at radius 2 is 1.67 bits per heavy atom. The first-order valence-electron chi connectivity index (χ1n) is 8.08. The molecule has 3 aromatic rings. The van der Waals surface area contributed by atoms with E-state index in [0.29, 0.717) is 24.7 Å². The van der Waals surface area contributed by atoms with Crippen molar-refractivity contribution >= 4 is 53.1 Å². The van der Waals surface area contributed by atoms with Crippen LogP contribution in [0.1, 0.15) is 16.2 Å². The van der Waals surface area contributed by atoms with Crippen LogP contribution in [-0.2, 0) is 13.1 Å². The molecule has 0 radical (unpaired) electrons. The highest BCUT2D eigenvalue weighted by atomic mass is 35.5. The van der Waals surface area contributed by atoms with Gasteiger partial charge in [0.25, 0.3) is 5.91 Å². The van der Waals surface area contributed by atoms with E-state index < -0.39 is 0 Å². The molecule has 1 amide bonds. The molecular weight excluding hydrogens is 428 g/mol. The van der Waals surface area contributed by atoms with Gasteiger partial charge in [0, 0.05) is 18.1 Å². The average molecular weight is 443 g/mol. The van der Waals surface area contributed by atoms with Gasteiger partial charge in [-0.3, -0.25) is 4.79 Å². The summed E-state index contributed by atoms with van der Waals surface area (Å²) < 4.78 is 2.14. The van der Waals surface area contributed by atoms with E-state index in [0.717, 1.165) is 17.1 Å². The Bertz CT molecular complexity index is 965. The van der Waals surface area contributed by atoms with Crippen molar-refractivity contribution in [3.05, 3.63) is 75.1 Å². The molecule has 0 atom stereocenters. The number of carbonyl (C=O) groups excluding carboxylic acids is 1. The van der Waals surface area contributed by atoms with Gasteiger partial charge in [-0.05, 0) is 17.7 Å². The lowest BCUT2D eigenvalue weighted by atomic mass is 10.1. The molecule has 1 aliphatic rings. The Balaban J connectivity index is 0.00000210. The van der Waals surface area contributed by atoms with Crippen molar-refractivity contribution in [3.63, 3.8) is 0 Å². The molecule has 4 nitrogen and oxygen atoms in total. The van der Waals surface area contributed by atoms with Crippen molar-refractivity contribution < 1.29 is 4.79 Å². The Morgan fingerprint density at radius 1 is 1.00 bits per heavy atom. The summed E-state index contributed by atoms with van der Waals surface area (Å²) in [6.45, 7) is 1.62. The molecule has 0 saturated heterocycles. The topological polar surface area (TPSA) is 38.1 Å². The van der Waals surface area contributed by atoms with Gasteiger partial charge in [0.1, 0.15) is 5.82 Å². The fourth-order valence-electron chi connectivity index (χ4n) is 3.18. The highest BCUT2D eigenvalue weighted by Crippen LogP contribution is 2.31. The number of rotatable bonds is 2. The molecule has 27 heavy (non-hydrogen) atoms. The summed E-state index contributed by atoms with van der Waals surface area (Å²) in [5.41, 5.74) is 2.44. The van der Waals surface area contributed by atoms with Crippen LogP contribution in [0, 0.1) is 0 Å². The predicted octanol–water partition coefficient (Wildman–Crippen LogP) is 5.59. The number of hydrogen-bond donors (Lipinski definition) is 0. The third-order valence-electron chi connectivity index (χ3n) is 4.44.